The zero-order chi connectivity index (χ0) is 12.0. The minimum atomic E-state index is -1.07. The van der Waals surface area contributed by atoms with Gasteiger partial charge in [-0.15, -0.1) is 0 Å². The standard InChI is InChI=1S/C12H19NO3/c1-12(2,14)16-8-4-7-15-11-6-3-5-10(13)9-11/h3,5-6,9,14H,4,7-8,13H2,1-2H3. The average molecular weight is 225 g/mol. The van der Waals surface area contributed by atoms with Crippen LogP contribution in [0, 0.1) is 0 Å². The number of nitrogens with two attached hydrogens (primary N) is 1. The number of aliphatic hydroxyl groups is 1. The van der Waals surface area contributed by atoms with E-state index in [2.05, 4.69) is 0 Å². The lowest BCUT2D eigenvalue weighted by Gasteiger charge is -2.17. The summed E-state index contributed by atoms with van der Waals surface area (Å²) in [6.45, 7) is 4.21. The highest BCUT2D eigenvalue weighted by Gasteiger charge is 2.11. The van der Waals surface area contributed by atoms with Crippen LogP contribution in [0.4, 0.5) is 5.69 Å². The lowest BCUT2D eigenvalue weighted by Crippen LogP contribution is -2.24. The van der Waals surface area contributed by atoms with Gasteiger partial charge in [-0.2, -0.15) is 0 Å². The normalized spacial score (nSPS) is 11.4. The van der Waals surface area contributed by atoms with Crippen molar-refractivity contribution in [3.05, 3.63) is 24.3 Å². The smallest absolute Gasteiger partial charge is 0.159 e. The third-order valence-electron chi connectivity index (χ3n) is 1.87. The first kappa shape index (κ1) is 12.8. The summed E-state index contributed by atoms with van der Waals surface area (Å²) in [5.41, 5.74) is 6.29. The molecule has 0 fully saturated rings. The quantitative estimate of drug-likeness (QED) is 0.440. The molecule has 0 aromatic heterocycles. The summed E-state index contributed by atoms with van der Waals surface area (Å²) in [5.74, 6) is -0.319. The van der Waals surface area contributed by atoms with Crippen LogP contribution in [0.3, 0.4) is 0 Å². The number of benzene rings is 1. The summed E-state index contributed by atoms with van der Waals surface area (Å²) < 4.78 is 10.6. The molecule has 0 atom stereocenters. The molecule has 0 spiro atoms. The largest absolute Gasteiger partial charge is 0.493 e. The molecule has 0 unspecified atom stereocenters. The fourth-order valence-electron chi connectivity index (χ4n) is 1.18. The van der Waals surface area contributed by atoms with E-state index in [0.717, 1.165) is 12.2 Å². The maximum absolute atomic E-state index is 9.29. The van der Waals surface area contributed by atoms with Crippen molar-refractivity contribution < 1.29 is 14.6 Å². The van der Waals surface area contributed by atoms with Crippen molar-refractivity contribution in [3.8, 4) is 5.75 Å². The summed E-state index contributed by atoms with van der Waals surface area (Å²) in [6, 6.07) is 7.28. The summed E-state index contributed by atoms with van der Waals surface area (Å²) in [7, 11) is 0. The van der Waals surface area contributed by atoms with E-state index in [0.29, 0.717) is 18.9 Å². The first-order valence-electron chi connectivity index (χ1n) is 5.32. The number of hydrogen-bond donors (Lipinski definition) is 2. The van der Waals surface area contributed by atoms with E-state index < -0.39 is 5.79 Å². The van der Waals surface area contributed by atoms with Gasteiger partial charge in [0.1, 0.15) is 5.75 Å². The maximum atomic E-state index is 9.29. The Bertz CT molecular complexity index is 320. The Morgan fingerprint density at radius 2 is 2.06 bits per heavy atom. The first-order valence-corrected chi connectivity index (χ1v) is 5.32. The van der Waals surface area contributed by atoms with Crippen LogP contribution in [-0.4, -0.2) is 24.1 Å². The SMILES string of the molecule is CC(C)(O)OCCCOc1cccc(N)c1. The average Bonchev–Trinajstić information content (AvgIpc) is 2.15. The van der Waals surface area contributed by atoms with Gasteiger partial charge in [0.05, 0.1) is 13.2 Å². The Morgan fingerprint density at radius 3 is 2.69 bits per heavy atom. The van der Waals surface area contributed by atoms with Crippen molar-refractivity contribution in [1.82, 2.24) is 0 Å². The van der Waals surface area contributed by atoms with Crippen LogP contribution in [0.25, 0.3) is 0 Å². The van der Waals surface area contributed by atoms with Crippen LogP contribution in [0.5, 0.6) is 5.75 Å². The number of ether oxygens (including phenoxy) is 2. The van der Waals surface area contributed by atoms with Crippen molar-refractivity contribution >= 4 is 5.69 Å². The van der Waals surface area contributed by atoms with Gasteiger partial charge in [-0.25, -0.2) is 0 Å². The first-order chi connectivity index (χ1) is 7.47. The van der Waals surface area contributed by atoms with E-state index >= 15 is 0 Å². The molecule has 4 heteroatoms. The van der Waals surface area contributed by atoms with Crippen molar-refractivity contribution in [1.29, 1.82) is 0 Å². The topological polar surface area (TPSA) is 64.7 Å². The number of anilines is 1. The minimum Gasteiger partial charge on any atom is -0.493 e. The van der Waals surface area contributed by atoms with Gasteiger partial charge in [-0.05, 0) is 26.0 Å². The Morgan fingerprint density at radius 1 is 1.31 bits per heavy atom. The Kier molecular flexibility index (Phi) is 4.58. The molecule has 4 nitrogen and oxygen atoms in total. The van der Waals surface area contributed by atoms with Crippen LogP contribution in [-0.2, 0) is 4.74 Å². The van der Waals surface area contributed by atoms with Gasteiger partial charge < -0.3 is 20.3 Å². The third-order valence-corrected chi connectivity index (χ3v) is 1.87. The molecule has 0 radical (unpaired) electrons. The number of hydrogen-bond acceptors (Lipinski definition) is 4. The molecule has 0 saturated carbocycles. The summed E-state index contributed by atoms with van der Waals surface area (Å²) in [6.07, 6.45) is 0.721. The molecule has 0 saturated heterocycles. The van der Waals surface area contributed by atoms with Crippen molar-refractivity contribution in [3.63, 3.8) is 0 Å². The third kappa shape index (κ3) is 5.58. The molecule has 1 aromatic rings. The maximum Gasteiger partial charge on any atom is 0.159 e. The minimum absolute atomic E-state index is 0.464. The van der Waals surface area contributed by atoms with Gasteiger partial charge in [0.25, 0.3) is 0 Å². The van der Waals surface area contributed by atoms with Crippen LogP contribution < -0.4 is 10.5 Å². The van der Waals surface area contributed by atoms with Gasteiger partial charge in [0, 0.05) is 18.2 Å². The molecule has 0 heterocycles. The van der Waals surface area contributed by atoms with E-state index in [-0.39, 0.29) is 0 Å². The van der Waals surface area contributed by atoms with E-state index in [4.69, 9.17) is 15.2 Å². The highest BCUT2D eigenvalue weighted by atomic mass is 16.6. The van der Waals surface area contributed by atoms with Gasteiger partial charge >= 0.3 is 0 Å². The van der Waals surface area contributed by atoms with E-state index in [1.165, 1.54) is 0 Å². The molecule has 90 valence electrons. The van der Waals surface area contributed by atoms with Crippen molar-refractivity contribution in [2.45, 2.75) is 26.1 Å². The zero-order valence-corrected chi connectivity index (χ0v) is 9.77. The highest BCUT2D eigenvalue weighted by molar-refractivity contribution is 5.43. The molecule has 16 heavy (non-hydrogen) atoms. The fourth-order valence-corrected chi connectivity index (χ4v) is 1.18. The van der Waals surface area contributed by atoms with E-state index in [1.807, 2.05) is 18.2 Å². The van der Waals surface area contributed by atoms with Gasteiger partial charge in [-0.1, -0.05) is 6.07 Å². The molecule has 3 N–H and O–H groups in total. The fraction of sp³-hybridized carbons (Fsp3) is 0.500. The Balaban J connectivity index is 2.17. The molecular formula is C12H19NO3. The predicted molar refractivity (Wildman–Crippen MR) is 63.2 cm³/mol. The second-order valence-corrected chi connectivity index (χ2v) is 4.07. The summed E-state index contributed by atoms with van der Waals surface area (Å²) >= 11 is 0. The second-order valence-electron chi connectivity index (χ2n) is 4.07. The van der Waals surface area contributed by atoms with E-state index in [1.54, 1.807) is 19.9 Å². The van der Waals surface area contributed by atoms with Crippen molar-refractivity contribution in [2.24, 2.45) is 0 Å². The molecule has 1 rings (SSSR count). The second kappa shape index (κ2) is 5.72. The lowest BCUT2D eigenvalue weighted by atomic mass is 10.3. The van der Waals surface area contributed by atoms with E-state index in [9.17, 15) is 5.11 Å². The lowest BCUT2D eigenvalue weighted by molar-refractivity contribution is -0.176. The van der Waals surface area contributed by atoms with Crippen LogP contribution in [0.2, 0.25) is 0 Å². The molecule has 0 bridgehead atoms. The molecular weight excluding hydrogens is 206 g/mol. The summed E-state index contributed by atoms with van der Waals surface area (Å²) in [5, 5.41) is 9.29. The summed E-state index contributed by atoms with van der Waals surface area (Å²) in [4.78, 5) is 0. The number of rotatable bonds is 6. The van der Waals surface area contributed by atoms with Gasteiger partial charge in [0.2, 0.25) is 0 Å². The molecule has 0 aliphatic carbocycles. The predicted octanol–water partition coefficient (Wildman–Crippen LogP) is 1.78. The van der Waals surface area contributed by atoms with Gasteiger partial charge in [-0.3, -0.25) is 0 Å². The molecule has 0 aliphatic rings. The highest BCUT2D eigenvalue weighted by Crippen LogP contribution is 2.14. The molecule has 1 aromatic carbocycles. The monoisotopic (exact) mass is 225 g/mol. The number of nitrogen functional groups attached to an aromatic ring is 1. The molecule has 0 amide bonds. The van der Waals surface area contributed by atoms with Crippen LogP contribution >= 0.6 is 0 Å². The molecule has 0 aliphatic heterocycles. The van der Waals surface area contributed by atoms with Crippen LogP contribution in [0.15, 0.2) is 24.3 Å². The Hall–Kier alpha value is -1.26. The Labute approximate surface area is 96.0 Å². The van der Waals surface area contributed by atoms with Gasteiger partial charge in [0.15, 0.2) is 5.79 Å². The zero-order valence-electron chi connectivity index (χ0n) is 9.77. The van der Waals surface area contributed by atoms with Crippen LogP contribution in [0.1, 0.15) is 20.3 Å². The van der Waals surface area contributed by atoms with Crippen molar-refractivity contribution in [2.75, 3.05) is 18.9 Å².